The number of benzene rings is 1. The van der Waals surface area contributed by atoms with Gasteiger partial charge in [0.15, 0.2) is 5.96 Å². The van der Waals surface area contributed by atoms with Crippen molar-refractivity contribution in [1.82, 2.24) is 15.5 Å². The number of guanidine groups is 1. The van der Waals surface area contributed by atoms with E-state index in [1.165, 1.54) is 24.9 Å². The van der Waals surface area contributed by atoms with Gasteiger partial charge in [0.05, 0.1) is 6.26 Å². The van der Waals surface area contributed by atoms with Crippen LogP contribution in [0.3, 0.4) is 0 Å². The quantitative estimate of drug-likeness (QED) is 0.360. The minimum atomic E-state index is 0. The van der Waals surface area contributed by atoms with E-state index in [1.54, 1.807) is 6.26 Å². The van der Waals surface area contributed by atoms with Gasteiger partial charge in [0.2, 0.25) is 0 Å². The zero-order valence-corrected chi connectivity index (χ0v) is 18.4. The largest absolute Gasteiger partial charge is 0.469 e. The second kappa shape index (κ2) is 12.0. The van der Waals surface area contributed by atoms with Crippen LogP contribution in [0.25, 0.3) is 0 Å². The summed E-state index contributed by atoms with van der Waals surface area (Å²) in [6, 6.07) is 15.1. The molecule has 1 aromatic carbocycles. The molecule has 1 aliphatic rings. The molecular weight excluding hydrogens is 451 g/mol. The minimum Gasteiger partial charge on any atom is -0.469 e. The highest BCUT2D eigenvalue weighted by Gasteiger charge is 2.20. The molecule has 27 heavy (non-hydrogen) atoms. The van der Waals surface area contributed by atoms with Crippen LogP contribution >= 0.6 is 24.0 Å². The molecule has 2 N–H and O–H groups in total. The summed E-state index contributed by atoms with van der Waals surface area (Å²) in [6.07, 6.45) is 4.95. The SMILES string of the molecule is CCNC(=NCCc1ccco1)NC1CCCN(Cc2ccccc2)C1.I. The van der Waals surface area contributed by atoms with Crippen molar-refractivity contribution in [2.45, 2.75) is 38.8 Å². The lowest BCUT2D eigenvalue weighted by Gasteiger charge is -2.34. The van der Waals surface area contributed by atoms with Crippen molar-refractivity contribution in [2.24, 2.45) is 4.99 Å². The van der Waals surface area contributed by atoms with E-state index in [-0.39, 0.29) is 24.0 Å². The molecule has 0 amide bonds. The first kappa shape index (κ1) is 21.8. The third-order valence-electron chi connectivity index (χ3n) is 4.65. The highest BCUT2D eigenvalue weighted by atomic mass is 127. The van der Waals surface area contributed by atoms with Gasteiger partial charge in [-0.15, -0.1) is 24.0 Å². The van der Waals surface area contributed by atoms with E-state index in [9.17, 15) is 0 Å². The van der Waals surface area contributed by atoms with Crippen LogP contribution in [-0.2, 0) is 13.0 Å². The molecule has 0 aliphatic carbocycles. The van der Waals surface area contributed by atoms with Gasteiger partial charge in [-0.2, -0.15) is 0 Å². The van der Waals surface area contributed by atoms with Gasteiger partial charge in [-0.25, -0.2) is 0 Å². The van der Waals surface area contributed by atoms with Crippen LogP contribution < -0.4 is 10.6 Å². The van der Waals surface area contributed by atoms with E-state index < -0.39 is 0 Å². The Bertz CT molecular complexity index is 660. The van der Waals surface area contributed by atoms with Crippen LogP contribution in [0.2, 0.25) is 0 Å². The standard InChI is InChI=1S/C21H30N4O.HI/c1-2-22-21(23-13-12-20-11-7-15-26-20)24-19-10-6-14-25(17-19)16-18-8-4-3-5-9-18;/h3-5,7-9,11,15,19H,2,6,10,12-14,16-17H2,1H3,(H2,22,23,24);1H. The van der Waals surface area contributed by atoms with Gasteiger partial charge in [-0.1, -0.05) is 30.3 Å². The number of likely N-dealkylation sites (tertiary alicyclic amines) is 1. The summed E-state index contributed by atoms with van der Waals surface area (Å²) >= 11 is 0. The number of rotatable bonds is 7. The fraction of sp³-hybridized carbons (Fsp3) is 0.476. The van der Waals surface area contributed by atoms with Crippen LogP contribution in [0.4, 0.5) is 0 Å². The lowest BCUT2D eigenvalue weighted by atomic mass is 10.0. The van der Waals surface area contributed by atoms with Crippen LogP contribution in [0.1, 0.15) is 31.1 Å². The molecule has 0 saturated carbocycles. The number of hydrogen-bond donors (Lipinski definition) is 2. The lowest BCUT2D eigenvalue weighted by molar-refractivity contribution is 0.192. The Hall–Kier alpha value is -1.54. The molecule has 1 fully saturated rings. The molecule has 0 spiro atoms. The summed E-state index contributed by atoms with van der Waals surface area (Å²) in [5.41, 5.74) is 1.38. The van der Waals surface area contributed by atoms with E-state index in [0.29, 0.717) is 6.04 Å². The van der Waals surface area contributed by atoms with Crippen LogP contribution in [0.5, 0.6) is 0 Å². The number of piperidine rings is 1. The van der Waals surface area contributed by atoms with E-state index in [0.717, 1.165) is 44.3 Å². The predicted octanol–water partition coefficient (Wildman–Crippen LogP) is 3.66. The summed E-state index contributed by atoms with van der Waals surface area (Å²) in [5.74, 6) is 1.89. The van der Waals surface area contributed by atoms with Crippen molar-refractivity contribution >= 4 is 29.9 Å². The van der Waals surface area contributed by atoms with Gasteiger partial charge in [-0.05, 0) is 44.0 Å². The zero-order chi connectivity index (χ0) is 18.0. The summed E-state index contributed by atoms with van der Waals surface area (Å²) in [4.78, 5) is 7.24. The molecular formula is C21H31IN4O. The molecule has 2 aromatic rings. The van der Waals surface area contributed by atoms with Gasteiger partial charge in [0.1, 0.15) is 5.76 Å². The van der Waals surface area contributed by atoms with E-state index in [2.05, 4.69) is 52.8 Å². The Morgan fingerprint density at radius 2 is 2.07 bits per heavy atom. The summed E-state index contributed by atoms with van der Waals surface area (Å²) in [7, 11) is 0. The first-order chi connectivity index (χ1) is 12.8. The summed E-state index contributed by atoms with van der Waals surface area (Å²) in [6.45, 7) is 6.94. The Morgan fingerprint density at radius 3 is 2.81 bits per heavy atom. The highest BCUT2D eigenvalue weighted by Crippen LogP contribution is 2.13. The second-order valence-electron chi connectivity index (χ2n) is 6.79. The van der Waals surface area contributed by atoms with Crippen molar-refractivity contribution in [3.63, 3.8) is 0 Å². The summed E-state index contributed by atoms with van der Waals surface area (Å²) < 4.78 is 5.38. The molecule has 1 unspecified atom stereocenters. The smallest absolute Gasteiger partial charge is 0.191 e. The first-order valence-corrected chi connectivity index (χ1v) is 9.67. The molecule has 0 radical (unpaired) electrons. The van der Waals surface area contributed by atoms with E-state index in [1.807, 2.05) is 12.1 Å². The molecule has 1 saturated heterocycles. The number of nitrogens with one attached hydrogen (secondary N) is 2. The molecule has 1 aromatic heterocycles. The number of furan rings is 1. The normalized spacial score (nSPS) is 18.0. The molecule has 6 heteroatoms. The first-order valence-electron chi connectivity index (χ1n) is 9.67. The molecule has 1 aliphatic heterocycles. The maximum absolute atomic E-state index is 5.38. The number of aliphatic imine (C=N–C) groups is 1. The van der Waals surface area contributed by atoms with Crippen LogP contribution in [0.15, 0.2) is 58.1 Å². The lowest BCUT2D eigenvalue weighted by Crippen LogP contribution is -2.51. The van der Waals surface area contributed by atoms with Crippen LogP contribution in [0, 0.1) is 0 Å². The number of hydrogen-bond acceptors (Lipinski definition) is 3. The topological polar surface area (TPSA) is 52.8 Å². The fourth-order valence-corrected chi connectivity index (χ4v) is 3.40. The van der Waals surface area contributed by atoms with Crippen molar-refractivity contribution in [3.8, 4) is 0 Å². The van der Waals surface area contributed by atoms with Gasteiger partial charge in [-0.3, -0.25) is 9.89 Å². The number of halogens is 1. The van der Waals surface area contributed by atoms with Gasteiger partial charge >= 0.3 is 0 Å². The Labute approximate surface area is 179 Å². The van der Waals surface area contributed by atoms with E-state index in [4.69, 9.17) is 9.41 Å². The molecule has 0 bridgehead atoms. The van der Waals surface area contributed by atoms with Crippen molar-refractivity contribution in [2.75, 3.05) is 26.2 Å². The Kier molecular flexibility index (Phi) is 9.69. The van der Waals surface area contributed by atoms with Crippen LogP contribution in [-0.4, -0.2) is 43.1 Å². The minimum absolute atomic E-state index is 0. The average molecular weight is 482 g/mol. The molecule has 1 atom stereocenters. The second-order valence-corrected chi connectivity index (χ2v) is 6.79. The van der Waals surface area contributed by atoms with Gasteiger partial charge in [0, 0.05) is 38.6 Å². The van der Waals surface area contributed by atoms with Crippen molar-refractivity contribution in [3.05, 3.63) is 60.1 Å². The maximum atomic E-state index is 5.38. The third-order valence-corrected chi connectivity index (χ3v) is 4.65. The van der Waals surface area contributed by atoms with E-state index >= 15 is 0 Å². The predicted molar refractivity (Wildman–Crippen MR) is 122 cm³/mol. The molecule has 2 heterocycles. The third kappa shape index (κ3) is 7.54. The zero-order valence-electron chi connectivity index (χ0n) is 16.1. The summed E-state index contributed by atoms with van der Waals surface area (Å²) in [5, 5.41) is 6.98. The Morgan fingerprint density at radius 1 is 1.22 bits per heavy atom. The highest BCUT2D eigenvalue weighted by molar-refractivity contribution is 14.0. The van der Waals surface area contributed by atoms with Gasteiger partial charge in [0.25, 0.3) is 0 Å². The van der Waals surface area contributed by atoms with Crippen molar-refractivity contribution in [1.29, 1.82) is 0 Å². The number of nitrogens with zero attached hydrogens (tertiary/aromatic N) is 2. The maximum Gasteiger partial charge on any atom is 0.191 e. The average Bonchev–Trinajstić information content (AvgIpc) is 3.16. The van der Waals surface area contributed by atoms with Gasteiger partial charge < -0.3 is 15.1 Å². The monoisotopic (exact) mass is 482 g/mol. The van der Waals surface area contributed by atoms with Crippen molar-refractivity contribution < 1.29 is 4.42 Å². The molecule has 5 nitrogen and oxygen atoms in total. The fourth-order valence-electron chi connectivity index (χ4n) is 3.40. The Balaban J connectivity index is 0.00000261. The molecule has 3 rings (SSSR count). The molecule has 148 valence electrons.